The lowest BCUT2D eigenvalue weighted by Gasteiger charge is -2.08. The van der Waals surface area contributed by atoms with Crippen LogP contribution in [0.15, 0.2) is 48.5 Å². The van der Waals surface area contributed by atoms with Crippen LogP contribution >= 0.6 is 0 Å². The number of hydrogen-bond acceptors (Lipinski definition) is 7. The summed E-state index contributed by atoms with van der Waals surface area (Å²) in [7, 11) is 0. The zero-order chi connectivity index (χ0) is 21.5. The summed E-state index contributed by atoms with van der Waals surface area (Å²) in [6.07, 6.45) is 1.03. The number of nitro groups is 1. The lowest BCUT2D eigenvalue weighted by atomic mass is 10.2. The summed E-state index contributed by atoms with van der Waals surface area (Å²) in [5, 5.41) is 30.2. The molecule has 0 saturated heterocycles. The van der Waals surface area contributed by atoms with Crippen LogP contribution in [0.2, 0.25) is 0 Å². The second kappa shape index (κ2) is 9.29. The Morgan fingerprint density at radius 3 is 2.87 bits per heavy atom. The SMILES string of the molecule is Cc1c(C(=O)Nc2cccc(OCCCC#N)c2)nnn1-c1cccc([N+](=O)[O-])c1. The molecule has 10 nitrogen and oxygen atoms in total. The van der Waals surface area contributed by atoms with E-state index >= 15 is 0 Å². The summed E-state index contributed by atoms with van der Waals surface area (Å²) < 4.78 is 6.93. The van der Waals surface area contributed by atoms with Crippen molar-refractivity contribution in [3.8, 4) is 17.5 Å². The van der Waals surface area contributed by atoms with Gasteiger partial charge in [-0.25, -0.2) is 4.68 Å². The van der Waals surface area contributed by atoms with Crippen LogP contribution in [0.3, 0.4) is 0 Å². The summed E-state index contributed by atoms with van der Waals surface area (Å²) >= 11 is 0. The number of nitriles is 1. The first-order valence-electron chi connectivity index (χ1n) is 9.08. The first kappa shape index (κ1) is 20.5. The Hall–Kier alpha value is -4.26. The van der Waals surface area contributed by atoms with E-state index < -0.39 is 10.8 Å². The number of amides is 1. The number of nitrogens with zero attached hydrogens (tertiary/aromatic N) is 5. The largest absolute Gasteiger partial charge is 0.493 e. The Kier molecular flexibility index (Phi) is 6.34. The van der Waals surface area contributed by atoms with Crippen LogP contribution < -0.4 is 10.1 Å². The first-order valence-corrected chi connectivity index (χ1v) is 9.08. The van der Waals surface area contributed by atoms with Crippen molar-refractivity contribution in [2.45, 2.75) is 19.8 Å². The molecule has 1 aromatic heterocycles. The molecule has 0 spiro atoms. The van der Waals surface area contributed by atoms with E-state index in [-0.39, 0.29) is 11.4 Å². The second-order valence-electron chi connectivity index (χ2n) is 6.30. The van der Waals surface area contributed by atoms with Crippen LogP contribution in [0.4, 0.5) is 11.4 Å². The second-order valence-corrected chi connectivity index (χ2v) is 6.30. The highest BCUT2D eigenvalue weighted by Gasteiger charge is 2.19. The molecule has 0 aliphatic rings. The van der Waals surface area contributed by atoms with Gasteiger partial charge in [-0.3, -0.25) is 14.9 Å². The fourth-order valence-corrected chi connectivity index (χ4v) is 2.72. The van der Waals surface area contributed by atoms with Gasteiger partial charge < -0.3 is 10.1 Å². The molecule has 2 aromatic carbocycles. The van der Waals surface area contributed by atoms with Gasteiger partial charge in [0.15, 0.2) is 5.69 Å². The molecular formula is C20H18N6O4. The van der Waals surface area contributed by atoms with Crippen LogP contribution in [0.5, 0.6) is 5.75 Å². The van der Waals surface area contributed by atoms with Gasteiger partial charge in [-0.2, -0.15) is 5.26 Å². The molecule has 152 valence electrons. The van der Waals surface area contributed by atoms with Crippen molar-refractivity contribution in [3.05, 3.63) is 70.0 Å². The Bertz CT molecular complexity index is 1120. The van der Waals surface area contributed by atoms with Crippen LogP contribution in [0.25, 0.3) is 5.69 Å². The molecule has 0 aliphatic carbocycles. The number of nitro benzene ring substituents is 1. The molecule has 1 amide bonds. The summed E-state index contributed by atoms with van der Waals surface area (Å²) in [6.45, 7) is 2.06. The van der Waals surface area contributed by atoms with Crippen LogP contribution in [0, 0.1) is 28.4 Å². The lowest BCUT2D eigenvalue weighted by molar-refractivity contribution is -0.384. The third kappa shape index (κ3) is 4.77. The molecule has 0 fully saturated rings. The number of aromatic nitrogens is 3. The number of carbonyl (C=O) groups excluding carboxylic acids is 1. The number of rotatable bonds is 8. The van der Waals surface area contributed by atoms with Crippen molar-refractivity contribution in [2.75, 3.05) is 11.9 Å². The molecule has 0 saturated carbocycles. The van der Waals surface area contributed by atoms with E-state index in [0.717, 1.165) is 0 Å². The van der Waals surface area contributed by atoms with E-state index in [9.17, 15) is 14.9 Å². The quantitative estimate of drug-likeness (QED) is 0.344. The van der Waals surface area contributed by atoms with E-state index in [4.69, 9.17) is 10.00 Å². The summed E-state index contributed by atoms with van der Waals surface area (Å²) in [5.41, 5.74) is 1.40. The number of nitrogens with one attached hydrogen (secondary N) is 1. The van der Waals surface area contributed by atoms with Crippen LogP contribution in [0.1, 0.15) is 29.0 Å². The molecule has 1 N–H and O–H groups in total. The van der Waals surface area contributed by atoms with E-state index in [0.29, 0.717) is 42.3 Å². The van der Waals surface area contributed by atoms with Crippen molar-refractivity contribution >= 4 is 17.3 Å². The molecule has 3 aromatic rings. The monoisotopic (exact) mass is 406 g/mol. The zero-order valence-corrected chi connectivity index (χ0v) is 16.1. The fraction of sp³-hybridized carbons (Fsp3) is 0.200. The van der Waals surface area contributed by atoms with Gasteiger partial charge in [-0.15, -0.1) is 5.10 Å². The van der Waals surface area contributed by atoms with Gasteiger partial charge in [0.1, 0.15) is 5.75 Å². The average molecular weight is 406 g/mol. The number of unbranched alkanes of at least 4 members (excludes halogenated alkanes) is 1. The Balaban J connectivity index is 1.74. The molecule has 1 heterocycles. The molecule has 3 rings (SSSR count). The first-order chi connectivity index (χ1) is 14.5. The topological polar surface area (TPSA) is 136 Å². The normalized spacial score (nSPS) is 10.3. The maximum atomic E-state index is 12.7. The predicted molar refractivity (Wildman–Crippen MR) is 107 cm³/mol. The Morgan fingerprint density at radius 1 is 1.30 bits per heavy atom. The van der Waals surface area contributed by atoms with Gasteiger partial charge >= 0.3 is 0 Å². The van der Waals surface area contributed by atoms with Crippen molar-refractivity contribution in [1.82, 2.24) is 15.0 Å². The molecule has 0 atom stereocenters. The minimum atomic E-state index is -0.501. The molecule has 0 bridgehead atoms. The van der Waals surface area contributed by atoms with Gasteiger partial charge in [-0.05, 0) is 31.5 Å². The molecule has 10 heteroatoms. The minimum absolute atomic E-state index is 0.0833. The van der Waals surface area contributed by atoms with Gasteiger partial charge in [0.25, 0.3) is 11.6 Å². The highest BCUT2D eigenvalue weighted by Crippen LogP contribution is 2.21. The third-order valence-corrected chi connectivity index (χ3v) is 4.19. The van der Waals surface area contributed by atoms with Gasteiger partial charge in [-0.1, -0.05) is 17.3 Å². The highest BCUT2D eigenvalue weighted by molar-refractivity contribution is 6.03. The Morgan fingerprint density at radius 2 is 2.10 bits per heavy atom. The average Bonchev–Trinajstić information content (AvgIpc) is 3.13. The van der Waals surface area contributed by atoms with Crippen molar-refractivity contribution in [3.63, 3.8) is 0 Å². The molecule has 0 unspecified atom stereocenters. The Labute approximate surface area is 171 Å². The summed E-state index contributed by atoms with van der Waals surface area (Å²) in [4.78, 5) is 23.1. The smallest absolute Gasteiger partial charge is 0.278 e. The number of benzene rings is 2. The number of carbonyl (C=O) groups is 1. The number of anilines is 1. The van der Waals surface area contributed by atoms with E-state index in [1.165, 1.54) is 22.9 Å². The van der Waals surface area contributed by atoms with Gasteiger partial charge in [0.2, 0.25) is 0 Å². The predicted octanol–water partition coefficient (Wildman–Crippen LogP) is 3.42. The number of non-ortho nitro benzene ring substituents is 1. The molecule has 30 heavy (non-hydrogen) atoms. The van der Waals surface area contributed by atoms with Gasteiger partial charge in [0.05, 0.1) is 29.0 Å². The number of hydrogen-bond donors (Lipinski definition) is 1. The zero-order valence-electron chi connectivity index (χ0n) is 16.1. The lowest BCUT2D eigenvalue weighted by Crippen LogP contribution is -2.14. The molecule has 0 radical (unpaired) electrons. The fourth-order valence-electron chi connectivity index (χ4n) is 2.72. The van der Waals surface area contributed by atoms with Crippen LogP contribution in [-0.2, 0) is 0 Å². The van der Waals surface area contributed by atoms with Gasteiger partial charge in [0, 0.05) is 30.3 Å². The maximum Gasteiger partial charge on any atom is 0.278 e. The standard InChI is InChI=1S/C20H18N6O4/c1-14-19(23-24-25(14)16-7-5-8-17(13-16)26(28)29)20(27)22-15-6-4-9-18(12-15)30-11-3-2-10-21/h4-9,12-13H,2-3,11H2,1H3,(H,22,27). The van der Waals surface area contributed by atoms with Crippen LogP contribution in [-0.4, -0.2) is 32.4 Å². The summed E-state index contributed by atoms with van der Waals surface area (Å²) in [5.74, 6) is 0.105. The van der Waals surface area contributed by atoms with Crippen molar-refractivity contribution < 1.29 is 14.5 Å². The highest BCUT2D eigenvalue weighted by atomic mass is 16.6. The minimum Gasteiger partial charge on any atom is -0.493 e. The van der Waals surface area contributed by atoms with E-state index in [1.807, 2.05) is 0 Å². The van der Waals surface area contributed by atoms with Crippen molar-refractivity contribution in [2.24, 2.45) is 0 Å². The van der Waals surface area contributed by atoms with E-state index in [2.05, 4.69) is 21.7 Å². The molecular weight excluding hydrogens is 388 g/mol. The van der Waals surface area contributed by atoms with Crippen molar-refractivity contribution in [1.29, 1.82) is 5.26 Å². The maximum absolute atomic E-state index is 12.7. The molecule has 0 aliphatic heterocycles. The number of ether oxygens (including phenoxy) is 1. The third-order valence-electron chi connectivity index (χ3n) is 4.19. The van der Waals surface area contributed by atoms with E-state index in [1.54, 1.807) is 37.3 Å². The summed E-state index contributed by atoms with van der Waals surface area (Å²) in [6, 6.07) is 14.8.